The first-order chi connectivity index (χ1) is 20.1. The monoisotopic (exact) mass is 618 g/mol. The van der Waals surface area contributed by atoms with Gasteiger partial charge in [-0.15, -0.1) is 0 Å². The van der Waals surface area contributed by atoms with Crippen LogP contribution in [0.3, 0.4) is 0 Å². The topological polar surface area (TPSA) is 91.2 Å². The van der Waals surface area contributed by atoms with Gasteiger partial charge in [0.15, 0.2) is 5.69 Å². The number of aromatic amines is 1. The number of aliphatic carboxylic acids is 1. The van der Waals surface area contributed by atoms with Crippen molar-refractivity contribution in [2.75, 3.05) is 6.54 Å². The zero-order valence-corrected chi connectivity index (χ0v) is 25.6. The predicted octanol–water partition coefficient (Wildman–Crippen LogP) is 7.92. The number of amides is 1. The van der Waals surface area contributed by atoms with Gasteiger partial charge in [-0.3, -0.25) is 14.3 Å². The van der Waals surface area contributed by atoms with Crippen molar-refractivity contribution in [3.8, 4) is 0 Å². The Labute approximate surface area is 253 Å². The highest BCUT2D eigenvalue weighted by molar-refractivity contribution is 6.35. The van der Waals surface area contributed by atoms with Crippen molar-refractivity contribution in [1.82, 2.24) is 19.7 Å². The maximum absolute atomic E-state index is 14.7. The highest BCUT2D eigenvalue weighted by Gasteiger charge is 2.63. The Balaban J connectivity index is 1.33. The Morgan fingerprint density at radius 3 is 2.44 bits per heavy atom. The number of fused-ring (bicyclic) bond motifs is 2. The smallest absolute Gasteiger partial charge is 0.433 e. The minimum absolute atomic E-state index is 0.172. The molecule has 232 valence electrons. The lowest BCUT2D eigenvalue weighted by atomic mass is 9.74. The van der Waals surface area contributed by atoms with E-state index < -0.39 is 40.8 Å². The number of aromatic nitrogens is 3. The number of nitrogens with zero attached hydrogens (tertiary/aromatic N) is 3. The molecule has 2 aromatic heterocycles. The fourth-order valence-corrected chi connectivity index (χ4v) is 8.29. The van der Waals surface area contributed by atoms with E-state index >= 15 is 0 Å². The molecule has 7 nitrogen and oxygen atoms in total. The molecule has 0 spiro atoms. The van der Waals surface area contributed by atoms with Crippen molar-refractivity contribution in [3.63, 3.8) is 0 Å². The highest BCUT2D eigenvalue weighted by atomic mass is 35.5. The van der Waals surface area contributed by atoms with Gasteiger partial charge in [0.1, 0.15) is 0 Å². The molecular weight excluding hydrogens is 581 g/mol. The van der Waals surface area contributed by atoms with Crippen LogP contribution < -0.4 is 0 Å². The number of hydrogen-bond acceptors (Lipinski definition) is 3. The molecule has 1 unspecified atom stereocenters. The van der Waals surface area contributed by atoms with Gasteiger partial charge < -0.3 is 15.0 Å². The average molecular weight is 619 g/mol. The third-order valence-electron chi connectivity index (χ3n) is 10.9. The van der Waals surface area contributed by atoms with E-state index in [2.05, 4.69) is 23.9 Å². The summed E-state index contributed by atoms with van der Waals surface area (Å²) in [5.41, 5.74) is -0.494. The predicted molar refractivity (Wildman–Crippen MR) is 157 cm³/mol. The van der Waals surface area contributed by atoms with Crippen molar-refractivity contribution in [2.45, 2.75) is 90.4 Å². The van der Waals surface area contributed by atoms with E-state index in [0.717, 1.165) is 40.2 Å². The Hall–Kier alpha value is -3.01. The van der Waals surface area contributed by atoms with Gasteiger partial charge in [-0.25, -0.2) is 0 Å². The lowest BCUT2D eigenvalue weighted by Gasteiger charge is -2.35. The van der Waals surface area contributed by atoms with Gasteiger partial charge in [0.2, 0.25) is 0 Å². The van der Waals surface area contributed by atoms with Crippen molar-refractivity contribution in [1.29, 1.82) is 0 Å². The van der Waals surface area contributed by atoms with E-state index in [0.29, 0.717) is 16.9 Å². The molecular formula is C32H38ClF3N4O3. The van der Waals surface area contributed by atoms with E-state index in [1.54, 1.807) is 17.9 Å². The van der Waals surface area contributed by atoms with Crippen LogP contribution in [0.2, 0.25) is 5.02 Å². The van der Waals surface area contributed by atoms with Crippen molar-refractivity contribution in [2.24, 2.45) is 22.7 Å². The molecule has 0 radical (unpaired) electrons. The summed E-state index contributed by atoms with van der Waals surface area (Å²) in [4.78, 5) is 30.9. The van der Waals surface area contributed by atoms with Gasteiger partial charge in [0.25, 0.3) is 5.91 Å². The third-order valence-corrected chi connectivity index (χ3v) is 11.3. The van der Waals surface area contributed by atoms with Crippen LogP contribution in [0, 0.1) is 22.7 Å². The Morgan fingerprint density at radius 1 is 1.19 bits per heavy atom. The maximum atomic E-state index is 14.7. The summed E-state index contributed by atoms with van der Waals surface area (Å²) in [6.45, 7) is 8.27. The number of carboxylic acids is 1. The molecule has 3 aliphatic carbocycles. The Bertz CT molecular complexity index is 1560. The molecule has 4 atom stereocenters. The van der Waals surface area contributed by atoms with Crippen LogP contribution >= 0.6 is 11.6 Å². The van der Waals surface area contributed by atoms with Gasteiger partial charge >= 0.3 is 12.1 Å². The number of rotatable bonds is 7. The van der Waals surface area contributed by atoms with Gasteiger partial charge in [-0.2, -0.15) is 18.3 Å². The molecule has 6 rings (SSSR count). The third kappa shape index (κ3) is 5.03. The molecule has 0 bridgehead atoms. The molecule has 0 saturated heterocycles. The van der Waals surface area contributed by atoms with Crippen LogP contribution in [0.5, 0.6) is 0 Å². The van der Waals surface area contributed by atoms with Crippen molar-refractivity contribution in [3.05, 3.63) is 52.4 Å². The molecule has 1 aromatic carbocycles. The Morgan fingerprint density at radius 2 is 1.84 bits per heavy atom. The van der Waals surface area contributed by atoms with Crippen LogP contribution in [0.25, 0.3) is 10.9 Å². The van der Waals surface area contributed by atoms with E-state index in [9.17, 15) is 27.9 Å². The number of carbonyl (C=O) groups excluding carboxylic acids is 1. The summed E-state index contributed by atoms with van der Waals surface area (Å²) >= 11 is 6.54. The normalized spacial score (nSPS) is 28.9. The van der Waals surface area contributed by atoms with Crippen LogP contribution in [-0.2, 0) is 11.0 Å². The summed E-state index contributed by atoms with van der Waals surface area (Å²) in [5.74, 6) is -0.912. The number of nitrogens with one attached hydrogen (secondary N) is 1. The number of benzene rings is 1. The fraction of sp³-hybridized carbons (Fsp3) is 0.594. The number of carboxylic acid groups (broad SMARTS) is 1. The average Bonchev–Trinajstić information content (AvgIpc) is 3.51. The van der Waals surface area contributed by atoms with Crippen LogP contribution in [0.4, 0.5) is 13.2 Å². The van der Waals surface area contributed by atoms with E-state index in [1.807, 2.05) is 25.3 Å². The lowest BCUT2D eigenvalue weighted by molar-refractivity contribution is -0.152. The summed E-state index contributed by atoms with van der Waals surface area (Å²) in [6, 6.07) is 4.77. The van der Waals surface area contributed by atoms with Crippen LogP contribution in [0.1, 0.15) is 99.8 Å². The van der Waals surface area contributed by atoms with Gasteiger partial charge in [-0.1, -0.05) is 38.4 Å². The van der Waals surface area contributed by atoms with Crippen molar-refractivity contribution >= 4 is 34.4 Å². The summed E-state index contributed by atoms with van der Waals surface area (Å²) in [7, 11) is 0. The fourth-order valence-electron chi connectivity index (χ4n) is 8.01. The number of alkyl halides is 3. The first-order valence-corrected chi connectivity index (χ1v) is 15.5. The number of H-pyrrole nitrogens is 1. The molecule has 1 amide bonds. The van der Waals surface area contributed by atoms with E-state index in [-0.39, 0.29) is 49.6 Å². The minimum Gasteiger partial charge on any atom is -0.481 e. The second-order valence-electron chi connectivity index (χ2n) is 13.9. The SMILES string of the molecule is CC(CN(C(=O)c1cnn(C2CCC(C)(C(=O)O)CC2)c1C(F)(F)F)[C@H]1C[C@@H]2[C@H](C1)C2(C)C)c1c[nH]c2cccc(Cl)c12. The standard InChI is InChI=1S/C32H38ClF3N4O3/c1-17(20-14-37-25-7-5-6-24(33)26(20)25)16-39(19-12-22-23(13-19)30(22,2)3)28(41)21-15-38-40(27(21)32(34,35)36)18-8-10-31(4,11-9-18)29(42)43/h5-7,14-15,17-19,22-23,37H,8-13,16H2,1-4H3,(H,42,43)/t17?,18?,19-,22+,23-,31?. The summed E-state index contributed by atoms with van der Waals surface area (Å²) in [5, 5.41) is 15.2. The summed E-state index contributed by atoms with van der Waals surface area (Å²) in [6.07, 6.45) is 0.608. The van der Waals surface area contributed by atoms with Crippen LogP contribution in [0.15, 0.2) is 30.6 Å². The zero-order chi connectivity index (χ0) is 31.1. The van der Waals surface area contributed by atoms with Gasteiger partial charge in [0.05, 0.1) is 28.2 Å². The van der Waals surface area contributed by atoms with Crippen LogP contribution in [-0.4, -0.2) is 49.2 Å². The van der Waals surface area contributed by atoms with Gasteiger partial charge in [0, 0.05) is 35.6 Å². The molecule has 3 saturated carbocycles. The van der Waals surface area contributed by atoms with Crippen molar-refractivity contribution < 1.29 is 27.9 Å². The molecule has 43 heavy (non-hydrogen) atoms. The second kappa shape index (κ2) is 10.3. The Kier molecular flexibility index (Phi) is 7.18. The first-order valence-electron chi connectivity index (χ1n) is 15.1. The first kappa shape index (κ1) is 30.0. The molecule has 3 aliphatic rings. The second-order valence-corrected chi connectivity index (χ2v) is 14.3. The highest BCUT2D eigenvalue weighted by Crippen LogP contribution is 2.67. The molecule has 0 aliphatic heterocycles. The quantitative estimate of drug-likeness (QED) is 0.281. The maximum Gasteiger partial charge on any atom is 0.433 e. The number of halogens is 4. The number of hydrogen-bond donors (Lipinski definition) is 2. The molecule has 2 N–H and O–H groups in total. The molecule has 2 heterocycles. The molecule has 3 fully saturated rings. The largest absolute Gasteiger partial charge is 0.481 e. The molecule has 3 aromatic rings. The minimum atomic E-state index is -4.81. The van der Waals surface area contributed by atoms with E-state index in [4.69, 9.17) is 11.6 Å². The molecule has 11 heteroatoms. The zero-order valence-electron chi connectivity index (χ0n) is 24.8. The van der Waals surface area contributed by atoms with Gasteiger partial charge in [-0.05, 0) is 80.4 Å². The lowest BCUT2D eigenvalue weighted by Crippen LogP contribution is -2.43. The van der Waals surface area contributed by atoms with E-state index in [1.165, 1.54) is 0 Å². The number of carbonyl (C=O) groups is 2. The summed E-state index contributed by atoms with van der Waals surface area (Å²) < 4.78 is 45.1.